The molecule has 0 unspecified atom stereocenters. The van der Waals surface area contributed by atoms with Crippen molar-refractivity contribution in [3.8, 4) is 5.75 Å². The summed E-state index contributed by atoms with van der Waals surface area (Å²) in [7, 11) is 0. The Kier molecular flexibility index (Phi) is 8.57. The van der Waals surface area contributed by atoms with Crippen molar-refractivity contribution in [3.63, 3.8) is 0 Å². The Balaban J connectivity index is 2.18. The Morgan fingerprint density at radius 3 is 2.95 bits per heavy atom. The molecule has 0 fully saturated rings. The maximum absolute atomic E-state index is 11.7. The highest BCUT2D eigenvalue weighted by molar-refractivity contribution is 7.98. The van der Waals surface area contributed by atoms with Crippen LogP contribution in [0.25, 0.3) is 0 Å². The van der Waals surface area contributed by atoms with Crippen LogP contribution in [0, 0.1) is 6.92 Å². The number of halogens is 1. The lowest BCUT2D eigenvalue weighted by Gasteiger charge is -2.12. The molecule has 1 rings (SSSR count). The number of carbonyl (C=O) groups is 1. The molecule has 1 aromatic carbocycles. The molecule has 6 heteroatoms. The molecule has 1 aromatic rings. The fourth-order valence-electron chi connectivity index (χ4n) is 1.75. The molecular weight excluding hydrogens is 308 g/mol. The number of thioether (sulfide) groups is 1. The molecule has 0 saturated heterocycles. The van der Waals surface area contributed by atoms with Crippen molar-refractivity contribution < 1.29 is 9.53 Å². The maximum atomic E-state index is 11.7. The first-order valence-corrected chi connectivity index (χ1v) is 8.73. The van der Waals surface area contributed by atoms with Crippen LogP contribution < -0.4 is 15.8 Å². The number of amides is 1. The predicted molar refractivity (Wildman–Crippen MR) is 90.3 cm³/mol. The minimum Gasteiger partial charge on any atom is -0.493 e. The van der Waals surface area contributed by atoms with Gasteiger partial charge in [-0.05, 0) is 55.5 Å². The van der Waals surface area contributed by atoms with Gasteiger partial charge >= 0.3 is 0 Å². The lowest BCUT2D eigenvalue weighted by Crippen LogP contribution is -2.41. The first kappa shape index (κ1) is 18.1. The molecule has 0 radical (unpaired) electrons. The number of nitrogens with two attached hydrogens (primary N) is 1. The van der Waals surface area contributed by atoms with Gasteiger partial charge in [-0.1, -0.05) is 11.6 Å². The van der Waals surface area contributed by atoms with Gasteiger partial charge in [-0.15, -0.1) is 0 Å². The second kappa shape index (κ2) is 9.92. The smallest absolute Gasteiger partial charge is 0.236 e. The molecule has 0 aliphatic heterocycles. The summed E-state index contributed by atoms with van der Waals surface area (Å²) in [6.07, 6.45) is 3.44. The second-order valence-corrected chi connectivity index (χ2v) is 6.21. The standard InChI is InChI=1S/C15H23ClN2O2S/c1-11-10-12(16)4-5-14(11)20-8-3-7-18-15(19)13(17)6-9-21-2/h4-5,10,13H,3,6-9,17H2,1-2H3,(H,18,19)/t13-/m0/s1. The van der Waals surface area contributed by atoms with E-state index < -0.39 is 6.04 Å². The van der Waals surface area contributed by atoms with Crippen LogP contribution in [0.3, 0.4) is 0 Å². The average Bonchev–Trinajstić information content (AvgIpc) is 2.46. The van der Waals surface area contributed by atoms with Crippen LogP contribution in [0.5, 0.6) is 5.75 Å². The van der Waals surface area contributed by atoms with E-state index in [4.69, 9.17) is 22.1 Å². The van der Waals surface area contributed by atoms with Crippen molar-refractivity contribution in [2.75, 3.05) is 25.2 Å². The van der Waals surface area contributed by atoms with Crippen LogP contribution in [-0.4, -0.2) is 37.1 Å². The Hall–Kier alpha value is -0.910. The van der Waals surface area contributed by atoms with Crippen LogP contribution in [0.2, 0.25) is 5.02 Å². The summed E-state index contributed by atoms with van der Waals surface area (Å²) in [6, 6.07) is 5.10. The van der Waals surface area contributed by atoms with E-state index in [0.717, 1.165) is 23.5 Å². The Bertz CT molecular complexity index is 457. The van der Waals surface area contributed by atoms with Crippen molar-refractivity contribution in [3.05, 3.63) is 28.8 Å². The highest BCUT2D eigenvalue weighted by Gasteiger charge is 2.11. The Morgan fingerprint density at radius 2 is 2.29 bits per heavy atom. The van der Waals surface area contributed by atoms with Crippen molar-refractivity contribution in [2.24, 2.45) is 5.73 Å². The lowest BCUT2D eigenvalue weighted by atomic mass is 10.2. The topological polar surface area (TPSA) is 64.4 Å². The summed E-state index contributed by atoms with van der Waals surface area (Å²) in [4.78, 5) is 11.7. The largest absolute Gasteiger partial charge is 0.493 e. The number of ether oxygens (including phenoxy) is 1. The number of rotatable bonds is 9. The third-order valence-corrected chi connectivity index (χ3v) is 3.86. The van der Waals surface area contributed by atoms with Crippen LogP contribution in [0.4, 0.5) is 0 Å². The molecule has 3 N–H and O–H groups in total. The van der Waals surface area contributed by atoms with Gasteiger partial charge in [0.2, 0.25) is 5.91 Å². The van der Waals surface area contributed by atoms with Crippen molar-refractivity contribution in [1.29, 1.82) is 0 Å². The van der Waals surface area contributed by atoms with Gasteiger partial charge in [-0.25, -0.2) is 0 Å². The molecule has 0 aliphatic carbocycles. The van der Waals surface area contributed by atoms with E-state index in [1.807, 2.05) is 25.3 Å². The van der Waals surface area contributed by atoms with Gasteiger partial charge in [0.25, 0.3) is 0 Å². The minimum atomic E-state index is -0.420. The van der Waals surface area contributed by atoms with Crippen LogP contribution in [0.15, 0.2) is 18.2 Å². The summed E-state index contributed by atoms with van der Waals surface area (Å²) in [5.74, 6) is 1.63. The highest BCUT2D eigenvalue weighted by atomic mass is 35.5. The maximum Gasteiger partial charge on any atom is 0.236 e. The minimum absolute atomic E-state index is 0.0910. The molecule has 0 aromatic heterocycles. The third kappa shape index (κ3) is 7.07. The van der Waals surface area contributed by atoms with E-state index in [1.165, 1.54) is 0 Å². The quantitative estimate of drug-likeness (QED) is 0.683. The third-order valence-electron chi connectivity index (χ3n) is 2.98. The SMILES string of the molecule is CSCC[C@H](N)C(=O)NCCCOc1ccc(Cl)cc1C. The fourth-order valence-corrected chi connectivity index (χ4v) is 2.46. The van der Waals surface area contributed by atoms with E-state index in [1.54, 1.807) is 17.8 Å². The van der Waals surface area contributed by atoms with Gasteiger partial charge in [0, 0.05) is 11.6 Å². The van der Waals surface area contributed by atoms with Crippen LogP contribution >= 0.6 is 23.4 Å². The number of aryl methyl sites for hydroxylation is 1. The first-order chi connectivity index (χ1) is 10.0. The zero-order valence-electron chi connectivity index (χ0n) is 12.5. The van der Waals surface area contributed by atoms with E-state index in [9.17, 15) is 4.79 Å². The second-order valence-electron chi connectivity index (χ2n) is 4.79. The zero-order valence-corrected chi connectivity index (χ0v) is 14.1. The number of hydrogen-bond donors (Lipinski definition) is 2. The number of benzene rings is 1. The summed E-state index contributed by atoms with van der Waals surface area (Å²) in [5.41, 5.74) is 6.78. The van der Waals surface area contributed by atoms with E-state index in [2.05, 4.69) is 5.32 Å². The number of carbonyl (C=O) groups excluding carboxylic acids is 1. The zero-order chi connectivity index (χ0) is 15.7. The van der Waals surface area contributed by atoms with E-state index in [-0.39, 0.29) is 5.91 Å². The van der Waals surface area contributed by atoms with Crippen LogP contribution in [-0.2, 0) is 4.79 Å². The average molecular weight is 331 g/mol. The molecular formula is C15H23ClN2O2S. The molecule has 0 heterocycles. The monoisotopic (exact) mass is 330 g/mol. The molecule has 21 heavy (non-hydrogen) atoms. The van der Waals surface area contributed by atoms with Crippen molar-refractivity contribution >= 4 is 29.3 Å². The predicted octanol–water partition coefficient (Wildman–Crippen LogP) is 2.61. The van der Waals surface area contributed by atoms with Gasteiger partial charge in [-0.2, -0.15) is 11.8 Å². The van der Waals surface area contributed by atoms with E-state index in [0.29, 0.717) is 24.6 Å². The normalized spacial score (nSPS) is 12.0. The molecule has 118 valence electrons. The number of hydrogen-bond acceptors (Lipinski definition) is 4. The summed E-state index contributed by atoms with van der Waals surface area (Å²) in [6.45, 7) is 3.06. The summed E-state index contributed by atoms with van der Waals surface area (Å²) in [5, 5.41) is 3.53. The number of nitrogens with one attached hydrogen (secondary N) is 1. The molecule has 4 nitrogen and oxygen atoms in total. The summed E-state index contributed by atoms with van der Waals surface area (Å²) < 4.78 is 5.65. The highest BCUT2D eigenvalue weighted by Crippen LogP contribution is 2.21. The molecule has 1 atom stereocenters. The van der Waals surface area contributed by atoms with Crippen molar-refractivity contribution in [2.45, 2.75) is 25.8 Å². The van der Waals surface area contributed by atoms with E-state index >= 15 is 0 Å². The molecule has 1 amide bonds. The van der Waals surface area contributed by atoms with Crippen molar-refractivity contribution in [1.82, 2.24) is 5.32 Å². The fraction of sp³-hybridized carbons (Fsp3) is 0.533. The molecule has 0 saturated carbocycles. The van der Waals surface area contributed by atoms with Gasteiger partial charge < -0.3 is 15.8 Å². The van der Waals surface area contributed by atoms with Gasteiger partial charge in [0.1, 0.15) is 5.75 Å². The van der Waals surface area contributed by atoms with Gasteiger partial charge in [0.15, 0.2) is 0 Å². The van der Waals surface area contributed by atoms with Gasteiger partial charge in [-0.3, -0.25) is 4.79 Å². The summed E-state index contributed by atoms with van der Waals surface area (Å²) >= 11 is 7.57. The molecule has 0 aliphatic rings. The molecule has 0 bridgehead atoms. The lowest BCUT2D eigenvalue weighted by molar-refractivity contribution is -0.122. The first-order valence-electron chi connectivity index (χ1n) is 6.95. The Labute approximate surface area is 135 Å². The van der Waals surface area contributed by atoms with Crippen LogP contribution in [0.1, 0.15) is 18.4 Å². The van der Waals surface area contributed by atoms with Gasteiger partial charge in [0.05, 0.1) is 12.6 Å². The molecule has 0 spiro atoms. The Morgan fingerprint density at radius 1 is 1.52 bits per heavy atom.